The normalized spacial score (nSPS) is 11.5. The van der Waals surface area contributed by atoms with Gasteiger partial charge < -0.3 is 14.8 Å². The number of carbonyl (C=O) groups is 1. The van der Waals surface area contributed by atoms with Crippen LogP contribution in [0.2, 0.25) is 0 Å². The number of hydrogen-bond acceptors (Lipinski definition) is 5. The number of aryl methyl sites for hydroxylation is 1. The molecule has 1 amide bonds. The molecule has 0 heterocycles. The van der Waals surface area contributed by atoms with E-state index in [9.17, 15) is 14.9 Å². The molecule has 0 aliphatic rings. The zero-order chi connectivity index (χ0) is 18.6. The highest BCUT2D eigenvalue weighted by atomic mass is 79.9. The minimum atomic E-state index is -0.847. The van der Waals surface area contributed by atoms with Gasteiger partial charge in [0.05, 0.1) is 22.6 Å². The fourth-order valence-corrected chi connectivity index (χ4v) is 2.66. The van der Waals surface area contributed by atoms with Crippen molar-refractivity contribution in [1.29, 1.82) is 0 Å². The summed E-state index contributed by atoms with van der Waals surface area (Å²) in [6.45, 7) is 3.50. The van der Waals surface area contributed by atoms with Crippen molar-refractivity contribution in [3.63, 3.8) is 0 Å². The SMILES string of the molecule is COc1ccc(NC(=O)[C@H](C)Oc2ccc(C)cc2Br)c([N+](=O)[O-])c1. The molecule has 0 bridgehead atoms. The maximum Gasteiger partial charge on any atom is 0.296 e. The second-order valence-corrected chi connectivity index (χ2v) is 6.18. The molecule has 0 fully saturated rings. The van der Waals surface area contributed by atoms with Gasteiger partial charge in [-0.3, -0.25) is 14.9 Å². The first-order chi connectivity index (χ1) is 11.8. The van der Waals surface area contributed by atoms with Crippen LogP contribution in [0.4, 0.5) is 11.4 Å². The molecule has 0 aliphatic heterocycles. The number of nitrogens with one attached hydrogen (secondary N) is 1. The van der Waals surface area contributed by atoms with Crippen LogP contribution in [0.5, 0.6) is 11.5 Å². The van der Waals surface area contributed by atoms with E-state index < -0.39 is 16.9 Å². The minimum absolute atomic E-state index is 0.0780. The molecule has 2 rings (SSSR count). The molecule has 2 aromatic rings. The first-order valence-corrected chi connectivity index (χ1v) is 8.17. The van der Waals surface area contributed by atoms with Crippen molar-refractivity contribution in [2.24, 2.45) is 0 Å². The number of ether oxygens (including phenoxy) is 2. The molecule has 2 aromatic carbocycles. The third-order valence-electron chi connectivity index (χ3n) is 3.42. The molecule has 0 spiro atoms. The lowest BCUT2D eigenvalue weighted by atomic mass is 10.2. The zero-order valence-electron chi connectivity index (χ0n) is 13.9. The molecule has 1 atom stereocenters. The number of amides is 1. The van der Waals surface area contributed by atoms with Gasteiger partial charge in [0.25, 0.3) is 11.6 Å². The summed E-state index contributed by atoms with van der Waals surface area (Å²) in [7, 11) is 1.41. The number of halogens is 1. The Kier molecular flexibility index (Phi) is 5.97. The molecule has 0 unspecified atom stereocenters. The molecule has 0 aromatic heterocycles. The van der Waals surface area contributed by atoms with E-state index in [-0.39, 0.29) is 11.4 Å². The second kappa shape index (κ2) is 7.98. The lowest BCUT2D eigenvalue weighted by molar-refractivity contribution is -0.384. The van der Waals surface area contributed by atoms with Crippen LogP contribution in [-0.2, 0) is 4.79 Å². The summed E-state index contributed by atoms with van der Waals surface area (Å²) >= 11 is 3.38. The Balaban J connectivity index is 2.14. The van der Waals surface area contributed by atoms with E-state index in [2.05, 4.69) is 21.2 Å². The van der Waals surface area contributed by atoms with Crippen molar-refractivity contribution in [2.75, 3.05) is 12.4 Å². The van der Waals surface area contributed by atoms with Crippen LogP contribution in [0, 0.1) is 17.0 Å². The van der Waals surface area contributed by atoms with Gasteiger partial charge in [-0.2, -0.15) is 0 Å². The number of benzene rings is 2. The monoisotopic (exact) mass is 408 g/mol. The van der Waals surface area contributed by atoms with E-state index in [1.54, 1.807) is 13.0 Å². The Labute approximate surface area is 153 Å². The largest absolute Gasteiger partial charge is 0.496 e. The first-order valence-electron chi connectivity index (χ1n) is 7.38. The summed E-state index contributed by atoms with van der Waals surface area (Å²) in [6, 6.07) is 9.68. The van der Waals surface area contributed by atoms with Crippen LogP contribution in [-0.4, -0.2) is 24.0 Å². The Morgan fingerprint density at radius 2 is 2.00 bits per heavy atom. The second-order valence-electron chi connectivity index (χ2n) is 5.32. The summed E-state index contributed by atoms with van der Waals surface area (Å²) in [5.41, 5.74) is 0.871. The average Bonchev–Trinajstić information content (AvgIpc) is 2.57. The van der Waals surface area contributed by atoms with E-state index in [4.69, 9.17) is 9.47 Å². The Hall–Kier alpha value is -2.61. The fourth-order valence-electron chi connectivity index (χ4n) is 2.07. The highest BCUT2D eigenvalue weighted by Crippen LogP contribution is 2.30. The quantitative estimate of drug-likeness (QED) is 0.574. The number of anilines is 1. The standard InChI is InChI=1S/C17H17BrN2O5/c1-10-4-7-16(13(18)8-10)25-11(2)17(21)19-14-6-5-12(24-3)9-15(14)20(22)23/h4-9,11H,1-3H3,(H,19,21)/t11-/m0/s1. The average molecular weight is 409 g/mol. The highest BCUT2D eigenvalue weighted by molar-refractivity contribution is 9.10. The molecular weight excluding hydrogens is 392 g/mol. The third kappa shape index (κ3) is 4.69. The molecule has 0 saturated carbocycles. The number of nitro groups is 1. The number of rotatable bonds is 6. The minimum Gasteiger partial charge on any atom is -0.496 e. The molecule has 132 valence electrons. The van der Waals surface area contributed by atoms with Crippen LogP contribution in [0.3, 0.4) is 0 Å². The van der Waals surface area contributed by atoms with Gasteiger partial charge in [0.2, 0.25) is 0 Å². The Morgan fingerprint density at radius 3 is 2.60 bits per heavy atom. The first kappa shape index (κ1) is 18.7. The van der Waals surface area contributed by atoms with Gasteiger partial charge in [-0.15, -0.1) is 0 Å². The topological polar surface area (TPSA) is 90.7 Å². The van der Waals surface area contributed by atoms with Crippen molar-refractivity contribution in [3.8, 4) is 11.5 Å². The fraction of sp³-hybridized carbons (Fsp3) is 0.235. The number of methoxy groups -OCH3 is 1. The lowest BCUT2D eigenvalue weighted by Gasteiger charge is -2.16. The van der Waals surface area contributed by atoms with Gasteiger partial charge in [-0.1, -0.05) is 6.07 Å². The van der Waals surface area contributed by atoms with Crippen LogP contribution < -0.4 is 14.8 Å². The van der Waals surface area contributed by atoms with Crippen molar-refractivity contribution < 1.29 is 19.2 Å². The summed E-state index contributed by atoms with van der Waals surface area (Å²) < 4.78 is 11.3. The van der Waals surface area contributed by atoms with Crippen molar-refractivity contribution in [2.45, 2.75) is 20.0 Å². The summed E-state index contributed by atoms with van der Waals surface area (Å²) in [5, 5.41) is 13.7. The van der Waals surface area contributed by atoms with E-state index >= 15 is 0 Å². The maximum atomic E-state index is 12.3. The molecular formula is C17H17BrN2O5. The van der Waals surface area contributed by atoms with Crippen LogP contribution in [0.1, 0.15) is 12.5 Å². The van der Waals surface area contributed by atoms with Gasteiger partial charge >= 0.3 is 0 Å². The Bertz CT molecular complexity index is 810. The van der Waals surface area contributed by atoms with E-state index in [1.807, 2.05) is 19.1 Å². The summed E-state index contributed by atoms with van der Waals surface area (Å²) in [5.74, 6) is 0.343. The van der Waals surface area contributed by atoms with Crippen LogP contribution in [0.25, 0.3) is 0 Å². The number of nitro benzene ring substituents is 1. The number of carbonyl (C=O) groups excluding carboxylic acids is 1. The third-order valence-corrected chi connectivity index (χ3v) is 4.04. The van der Waals surface area contributed by atoms with E-state index in [0.717, 1.165) is 10.0 Å². The van der Waals surface area contributed by atoms with E-state index in [1.165, 1.54) is 25.3 Å². The highest BCUT2D eigenvalue weighted by Gasteiger charge is 2.21. The van der Waals surface area contributed by atoms with Gasteiger partial charge in [0, 0.05) is 0 Å². The predicted molar refractivity (Wildman–Crippen MR) is 97.2 cm³/mol. The van der Waals surface area contributed by atoms with Gasteiger partial charge in [-0.25, -0.2) is 0 Å². The molecule has 1 N–H and O–H groups in total. The number of nitrogens with zero attached hydrogens (tertiary/aromatic N) is 1. The van der Waals surface area contributed by atoms with Crippen molar-refractivity contribution >= 4 is 33.2 Å². The van der Waals surface area contributed by atoms with Crippen LogP contribution >= 0.6 is 15.9 Å². The maximum absolute atomic E-state index is 12.3. The Morgan fingerprint density at radius 1 is 1.28 bits per heavy atom. The smallest absolute Gasteiger partial charge is 0.296 e. The van der Waals surface area contributed by atoms with Crippen molar-refractivity contribution in [3.05, 3.63) is 56.5 Å². The van der Waals surface area contributed by atoms with E-state index in [0.29, 0.717) is 11.5 Å². The molecule has 0 aliphatic carbocycles. The predicted octanol–water partition coefficient (Wildman–Crippen LogP) is 4.08. The molecule has 0 saturated heterocycles. The molecule has 0 radical (unpaired) electrons. The van der Waals surface area contributed by atoms with Crippen molar-refractivity contribution in [1.82, 2.24) is 0 Å². The number of hydrogen-bond donors (Lipinski definition) is 1. The molecule has 25 heavy (non-hydrogen) atoms. The van der Waals surface area contributed by atoms with Gasteiger partial charge in [0.1, 0.15) is 17.2 Å². The zero-order valence-corrected chi connectivity index (χ0v) is 15.5. The molecule has 7 nitrogen and oxygen atoms in total. The summed E-state index contributed by atoms with van der Waals surface area (Å²) in [4.78, 5) is 22.9. The van der Waals surface area contributed by atoms with Gasteiger partial charge in [0.15, 0.2) is 6.10 Å². The van der Waals surface area contributed by atoms with Gasteiger partial charge in [-0.05, 0) is 59.6 Å². The summed E-state index contributed by atoms with van der Waals surface area (Å²) in [6.07, 6.45) is -0.847. The lowest BCUT2D eigenvalue weighted by Crippen LogP contribution is -2.30. The molecule has 8 heteroatoms. The van der Waals surface area contributed by atoms with Crippen LogP contribution in [0.15, 0.2) is 40.9 Å².